The van der Waals surface area contributed by atoms with Gasteiger partial charge >= 0.3 is 32.7 Å². The Morgan fingerprint density at radius 2 is 2.00 bits per heavy atom. The van der Waals surface area contributed by atoms with Crippen LogP contribution in [0.15, 0.2) is 24.3 Å². The van der Waals surface area contributed by atoms with Crippen molar-refractivity contribution in [1.29, 1.82) is 0 Å². The first kappa shape index (κ1) is 12.0. The minimum atomic E-state index is 0. The first-order valence-electron chi connectivity index (χ1n) is 2.33. The molecule has 1 aromatic carbocycles. The Morgan fingerprint density at radius 1 is 1.33 bits per heavy atom. The minimum absolute atomic E-state index is 0. The molecule has 0 spiro atoms. The van der Waals surface area contributed by atoms with Gasteiger partial charge in [-0.1, -0.05) is 6.92 Å². The van der Waals surface area contributed by atoms with Crippen LogP contribution in [-0.4, -0.2) is 0 Å². The molecule has 0 aromatic heterocycles. The molecule has 0 aliphatic heterocycles. The van der Waals surface area contributed by atoms with Crippen LogP contribution in [0.25, 0.3) is 0 Å². The van der Waals surface area contributed by atoms with E-state index in [1.54, 1.807) is 0 Å². The predicted octanol–water partition coefficient (Wildman–Crippen LogP) is 2.24. The number of hydrogen-bond acceptors (Lipinski definition) is 0. The van der Waals surface area contributed by atoms with Crippen molar-refractivity contribution in [3.05, 3.63) is 43.3 Å². The number of rotatable bonds is 0. The molecule has 0 saturated carbocycles. The molecule has 0 amide bonds. The van der Waals surface area contributed by atoms with Crippen LogP contribution in [0.3, 0.4) is 0 Å². The fraction of sp³-hybridized carbons (Fsp3) is 0.125. The maximum Gasteiger partial charge on any atom is 3.00 e. The van der Waals surface area contributed by atoms with Gasteiger partial charge < -0.3 is 7.43 Å². The molecular formula is C8H10Y+. The Hall–Kier alpha value is 0.324. The summed E-state index contributed by atoms with van der Waals surface area (Å²) in [7, 11) is 0. The third-order valence-electron chi connectivity index (χ3n) is 0.865. The van der Waals surface area contributed by atoms with Gasteiger partial charge in [0.25, 0.3) is 0 Å². The van der Waals surface area contributed by atoms with Crippen molar-refractivity contribution in [2.45, 2.75) is 6.92 Å². The van der Waals surface area contributed by atoms with Crippen LogP contribution in [-0.2, 0) is 32.7 Å². The molecule has 44 valence electrons. The molecule has 0 nitrogen and oxygen atoms in total. The largest absolute Gasteiger partial charge is 3.00 e. The van der Waals surface area contributed by atoms with Crippen molar-refractivity contribution in [2.24, 2.45) is 0 Å². The van der Waals surface area contributed by atoms with E-state index in [0.717, 1.165) is 0 Å². The van der Waals surface area contributed by atoms with Crippen LogP contribution in [0.1, 0.15) is 5.56 Å². The summed E-state index contributed by atoms with van der Waals surface area (Å²) in [5, 5.41) is 0. The van der Waals surface area contributed by atoms with Crippen LogP contribution in [0.5, 0.6) is 0 Å². The van der Waals surface area contributed by atoms with Gasteiger partial charge in [0.15, 0.2) is 0 Å². The normalized spacial score (nSPS) is 6.78. The van der Waals surface area contributed by atoms with Crippen LogP contribution in [0.4, 0.5) is 0 Å². The molecule has 0 unspecified atom stereocenters. The molecular weight excluding hydrogens is 185 g/mol. The summed E-state index contributed by atoms with van der Waals surface area (Å²) in [5.41, 5.74) is 1.20. The van der Waals surface area contributed by atoms with Gasteiger partial charge in [-0.3, -0.25) is 0 Å². The first-order chi connectivity index (χ1) is 3.39. The van der Waals surface area contributed by atoms with Gasteiger partial charge in [-0.2, -0.15) is 35.9 Å². The smallest absolute Gasteiger partial charge is 0.358 e. The first-order valence-corrected chi connectivity index (χ1v) is 2.33. The monoisotopic (exact) mass is 195 g/mol. The summed E-state index contributed by atoms with van der Waals surface area (Å²) < 4.78 is 0. The zero-order valence-electron chi connectivity index (χ0n) is 5.89. The molecule has 0 radical (unpaired) electrons. The Bertz CT molecular complexity index is 134. The molecule has 9 heavy (non-hydrogen) atoms. The van der Waals surface area contributed by atoms with E-state index in [-0.39, 0.29) is 40.1 Å². The van der Waals surface area contributed by atoms with E-state index in [9.17, 15) is 0 Å². The van der Waals surface area contributed by atoms with Crippen molar-refractivity contribution in [3.8, 4) is 0 Å². The van der Waals surface area contributed by atoms with E-state index in [1.165, 1.54) is 5.56 Å². The quantitative estimate of drug-likeness (QED) is 0.557. The average Bonchev–Trinajstić information content (AvgIpc) is 1.69. The Kier molecular flexibility index (Phi) is 8.62. The second kappa shape index (κ2) is 6.44. The van der Waals surface area contributed by atoms with Crippen molar-refractivity contribution in [3.63, 3.8) is 0 Å². The molecule has 1 rings (SSSR count). The van der Waals surface area contributed by atoms with Gasteiger partial charge in [0.1, 0.15) is 0 Å². The maximum atomic E-state index is 3.03. The maximum absolute atomic E-state index is 3.03. The van der Waals surface area contributed by atoms with Crippen molar-refractivity contribution < 1.29 is 32.7 Å². The van der Waals surface area contributed by atoms with Crippen LogP contribution in [0.2, 0.25) is 0 Å². The molecule has 0 N–H and O–H groups in total. The van der Waals surface area contributed by atoms with Gasteiger partial charge in [-0.05, 0) is 0 Å². The summed E-state index contributed by atoms with van der Waals surface area (Å²) >= 11 is 0. The van der Waals surface area contributed by atoms with Gasteiger partial charge in [0.05, 0.1) is 0 Å². The molecule has 0 heterocycles. The molecule has 0 aliphatic rings. The summed E-state index contributed by atoms with van der Waals surface area (Å²) in [6.07, 6.45) is 0. The molecule has 0 aliphatic carbocycles. The summed E-state index contributed by atoms with van der Waals surface area (Å²) in [6.45, 7) is 2.03. The second-order valence-electron chi connectivity index (χ2n) is 1.55. The molecule has 1 heteroatoms. The number of hydrogen-bond donors (Lipinski definition) is 0. The van der Waals surface area contributed by atoms with E-state index >= 15 is 0 Å². The Balaban J connectivity index is 0. The topological polar surface area (TPSA) is 0 Å². The van der Waals surface area contributed by atoms with Crippen LogP contribution < -0.4 is 0 Å². The summed E-state index contributed by atoms with van der Waals surface area (Å²) in [6, 6.07) is 10.9. The zero-order valence-corrected chi connectivity index (χ0v) is 8.73. The summed E-state index contributed by atoms with van der Waals surface area (Å²) in [5.74, 6) is 0. The van der Waals surface area contributed by atoms with Gasteiger partial charge in [0, 0.05) is 0 Å². The third-order valence-corrected chi connectivity index (χ3v) is 0.865. The van der Waals surface area contributed by atoms with Gasteiger partial charge in [-0.15, -0.1) is 0 Å². The third kappa shape index (κ3) is 4.80. The van der Waals surface area contributed by atoms with E-state index in [4.69, 9.17) is 0 Å². The standard InChI is InChI=1S/C7H7.CH3.Y/c1-7-5-3-2-4-6-7;;/h2-5H,1H3;1H3;/q2*-1;+3. The van der Waals surface area contributed by atoms with E-state index in [2.05, 4.69) is 6.07 Å². The summed E-state index contributed by atoms with van der Waals surface area (Å²) in [4.78, 5) is 0. The van der Waals surface area contributed by atoms with Crippen LogP contribution >= 0.6 is 0 Å². The molecule has 0 atom stereocenters. The van der Waals surface area contributed by atoms with E-state index in [1.807, 2.05) is 31.2 Å². The Morgan fingerprint density at radius 3 is 2.22 bits per heavy atom. The van der Waals surface area contributed by atoms with E-state index in [0.29, 0.717) is 0 Å². The fourth-order valence-corrected chi connectivity index (χ4v) is 0.483. The predicted molar refractivity (Wildman–Crippen MR) is 36.4 cm³/mol. The van der Waals surface area contributed by atoms with Crippen molar-refractivity contribution in [1.82, 2.24) is 0 Å². The van der Waals surface area contributed by atoms with Crippen LogP contribution in [0, 0.1) is 20.4 Å². The van der Waals surface area contributed by atoms with E-state index < -0.39 is 0 Å². The molecule has 1 aromatic rings. The molecule has 0 bridgehead atoms. The average molecular weight is 195 g/mol. The van der Waals surface area contributed by atoms with Crippen molar-refractivity contribution >= 4 is 0 Å². The Labute approximate surface area is 82.6 Å². The fourth-order valence-electron chi connectivity index (χ4n) is 0.483. The SMILES string of the molecule is Cc1[c-]cccc1.[CH3-].[Y+3]. The number of aryl methyl sites for hydroxylation is 1. The second-order valence-corrected chi connectivity index (χ2v) is 1.55. The minimum Gasteiger partial charge on any atom is -0.358 e. The molecule has 0 fully saturated rings. The van der Waals surface area contributed by atoms with Gasteiger partial charge in [-0.25, -0.2) is 0 Å². The number of benzene rings is 1. The van der Waals surface area contributed by atoms with Crippen molar-refractivity contribution in [2.75, 3.05) is 0 Å². The molecule has 0 saturated heterocycles. The zero-order chi connectivity index (χ0) is 5.11. The van der Waals surface area contributed by atoms with Gasteiger partial charge in [0.2, 0.25) is 0 Å².